The fourth-order valence-electron chi connectivity index (χ4n) is 4.53. The van der Waals surface area contributed by atoms with E-state index in [2.05, 4.69) is 22.2 Å². The molecular formula is C25H22N4OS. The molecule has 0 saturated carbocycles. The summed E-state index contributed by atoms with van der Waals surface area (Å²) in [5, 5.41) is 6.24. The van der Waals surface area contributed by atoms with E-state index in [1.807, 2.05) is 64.6 Å². The molecule has 5 nitrogen and oxygen atoms in total. The van der Waals surface area contributed by atoms with Crippen molar-refractivity contribution in [1.82, 2.24) is 14.4 Å². The molecule has 1 atom stereocenters. The van der Waals surface area contributed by atoms with E-state index in [1.54, 1.807) is 11.3 Å². The maximum Gasteiger partial charge on any atom is 0.255 e. The highest BCUT2D eigenvalue weighted by Gasteiger charge is 2.20. The third-order valence-electron chi connectivity index (χ3n) is 6.23. The lowest BCUT2D eigenvalue weighted by atomic mass is 9.87. The van der Waals surface area contributed by atoms with Gasteiger partial charge < -0.3 is 10.3 Å². The number of rotatable bonds is 3. The summed E-state index contributed by atoms with van der Waals surface area (Å²) >= 11 is 1.61. The summed E-state index contributed by atoms with van der Waals surface area (Å²) < 4.78 is 2.02. The fraction of sp³-hybridized carbons (Fsp3) is 0.200. The number of anilines is 1. The summed E-state index contributed by atoms with van der Waals surface area (Å²) in [5.41, 5.74) is 7.27. The topological polar surface area (TPSA) is 62.2 Å². The smallest absolute Gasteiger partial charge is 0.255 e. The Morgan fingerprint density at radius 2 is 2.10 bits per heavy atom. The Morgan fingerprint density at radius 1 is 1.23 bits per heavy atom. The molecule has 5 aromatic rings. The van der Waals surface area contributed by atoms with Gasteiger partial charge in [0.15, 0.2) is 4.96 Å². The highest BCUT2D eigenvalue weighted by molar-refractivity contribution is 7.15. The Labute approximate surface area is 183 Å². The quantitative estimate of drug-likeness (QED) is 0.376. The van der Waals surface area contributed by atoms with Gasteiger partial charge in [-0.3, -0.25) is 9.20 Å². The van der Waals surface area contributed by atoms with Crippen molar-refractivity contribution in [2.24, 2.45) is 5.92 Å². The number of H-pyrrole nitrogens is 1. The minimum Gasteiger partial charge on any atom is -0.358 e. The van der Waals surface area contributed by atoms with Crippen molar-refractivity contribution in [3.63, 3.8) is 0 Å². The van der Waals surface area contributed by atoms with Crippen LogP contribution in [0, 0.1) is 5.92 Å². The minimum atomic E-state index is -0.0871. The molecule has 6 heteroatoms. The third-order valence-corrected chi connectivity index (χ3v) is 7.00. The number of hydrogen-bond donors (Lipinski definition) is 2. The van der Waals surface area contributed by atoms with Crippen molar-refractivity contribution in [3.05, 3.63) is 77.1 Å². The number of imidazole rings is 1. The molecule has 1 aliphatic carbocycles. The molecule has 6 rings (SSSR count). The molecule has 0 saturated heterocycles. The maximum absolute atomic E-state index is 12.9. The monoisotopic (exact) mass is 426 g/mol. The molecule has 0 spiro atoms. The van der Waals surface area contributed by atoms with Crippen LogP contribution in [0.1, 0.15) is 35.0 Å². The van der Waals surface area contributed by atoms with Crippen molar-refractivity contribution in [3.8, 4) is 11.3 Å². The van der Waals surface area contributed by atoms with Gasteiger partial charge in [-0.15, -0.1) is 11.3 Å². The molecule has 2 N–H and O–H groups in total. The van der Waals surface area contributed by atoms with Gasteiger partial charge in [0.05, 0.1) is 5.69 Å². The largest absolute Gasteiger partial charge is 0.358 e. The van der Waals surface area contributed by atoms with Crippen molar-refractivity contribution in [2.45, 2.75) is 26.2 Å². The number of nitrogens with one attached hydrogen (secondary N) is 2. The SMILES string of the molecule is C[C@@H]1CCc2[nH]c3ccc(C(=O)Nc4ccc(-c5cn6ccsc6n5)cc4)cc3c2C1. The summed E-state index contributed by atoms with van der Waals surface area (Å²) in [5.74, 6) is 0.601. The molecule has 1 aliphatic rings. The lowest BCUT2D eigenvalue weighted by Crippen LogP contribution is -2.12. The first-order valence-corrected chi connectivity index (χ1v) is 11.5. The van der Waals surface area contributed by atoms with Gasteiger partial charge >= 0.3 is 0 Å². The van der Waals surface area contributed by atoms with Crippen LogP contribution in [-0.4, -0.2) is 20.3 Å². The van der Waals surface area contributed by atoms with Gasteiger partial charge in [-0.05, 0) is 61.1 Å². The average molecular weight is 427 g/mol. The normalized spacial score (nSPS) is 16.0. The number of thiazole rings is 1. The van der Waals surface area contributed by atoms with Gasteiger partial charge in [-0.1, -0.05) is 19.1 Å². The van der Waals surface area contributed by atoms with Crippen LogP contribution in [0.15, 0.2) is 60.2 Å². The van der Waals surface area contributed by atoms with Crippen molar-refractivity contribution in [1.29, 1.82) is 0 Å². The first-order chi connectivity index (χ1) is 15.1. The van der Waals surface area contributed by atoms with Crippen molar-refractivity contribution in [2.75, 3.05) is 5.32 Å². The molecule has 3 aromatic heterocycles. The minimum absolute atomic E-state index is 0.0871. The number of benzene rings is 2. The summed E-state index contributed by atoms with van der Waals surface area (Å²) in [7, 11) is 0. The number of aromatic amines is 1. The van der Waals surface area contributed by atoms with Crippen molar-refractivity contribution < 1.29 is 4.79 Å². The highest BCUT2D eigenvalue weighted by Crippen LogP contribution is 2.32. The molecule has 1 amide bonds. The van der Waals surface area contributed by atoms with Gasteiger partial charge in [0.1, 0.15) is 0 Å². The maximum atomic E-state index is 12.9. The van der Waals surface area contributed by atoms with Gasteiger partial charge in [0, 0.05) is 51.2 Å². The van der Waals surface area contributed by atoms with Gasteiger partial charge in [0.25, 0.3) is 5.91 Å². The predicted octanol–water partition coefficient (Wildman–Crippen LogP) is 5.92. The number of aryl methyl sites for hydroxylation is 1. The second-order valence-electron chi connectivity index (χ2n) is 8.44. The first-order valence-electron chi connectivity index (χ1n) is 10.6. The molecule has 0 unspecified atom stereocenters. The molecule has 0 bridgehead atoms. The number of aromatic nitrogens is 3. The number of hydrogen-bond acceptors (Lipinski definition) is 3. The second kappa shape index (κ2) is 7.10. The zero-order valence-corrected chi connectivity index (χ0v) is 18.0. The Bertz CT molecular complexity index is 1390. The van der Waals surface area contributed by atoms with E-state index in [1.165, 1.54) is 23.1 Å². The number of amides is 1. The van der Waals surface area contributed by atoms with Crippen LogP contribution >= 0.6 is 11.3 Å². The lowest BCUT2D eigenvalue weighted by Gasteiger charge is -2.18. The molecule has 0 aliphatic heterocycles. The average Bonchev–Trinajstić information content (AvgIpc) is 3.47. The van der Waals surface area contributed by atoms with Crippen LogP contribution < -0.4 is 5.32 Å². The van der Waals surface area contributed by atoms with E-state index in [4.69, 9.17) is 0 Å². The standard InChI is InChI=1S/C25H22N4OS/c1-15-2-8-21-19(12-15)20-13-17(5-9-22(20)27-21)24(30)26-18-6-3-16(4-7-18)23-14-29-10-11-31-25(29)28-23/h3-7,9-11,13-15,27H,2,8,12H2,1H3,(H,26,30)/t15-/m1/s1. The van der Waals surface area contributed by atoms with E-state index in [9.17, 15) is 4.79 Å². The second-order valence-corrected chi connectivity index (χ2v) is 9.31. The molecule has 31 heavy (non-hydrogen) atoms. The van der Waals surface area contributed by atoms with Crippen LogP contribution in [0.25, 0.3) is 27.1 Å². The molecule has 0 radical (unpaired) electrons. The molecule has 0 fully saturated rings. The van der Waals surface area contributed by atoms with E-state index in [0.717, 1.165) is 40.3 Å². The molecular weight excluding hydrogens is 404 g/mol. The number of carbonyl (C=O) groups excluding carboxylic acids is 1. The fourth-order valence-corrected chi connectivity index (χ4v) is 5.23. The Balaban J connectivity index is 1.24. The molecule has 154 valence electrons. The summed E-state index contributed by atoms with van der Waals surface area (Å²) in [6, 6.07) is 13.8. The first kappa shape index (κ1) is 18.4. The Morgan fingerprint density at radius 3 is 2.94 bits per heavy atom. The number of nitrogens with zero attached hydrogens (tertiary/aromatic N) is 2. The van der Waals surface area contributed by atoms with Crippen LogP contribution in [0.5, 0.6) is 0 Å². The zero-order valence-electron chi connectivity index (χ0n) is 17.2. The van der Waals surface area contributed by atoms with E-state index in [0.29, 0.717) is 11.5 Å². The van der Waals surface area contributed by atoms with Gasteiger partial charge in [-0.2, -0.15) is 0 Å². The van der Waals surface area contributed by atoms with Crippen LogP contribution in [0.4, 0.5) is 5.69 Å². The molecule has 3 heterocycles. The van der Waals surface area contributed by atoms with Gasteiger partial charge in [-0.25, -0.2) is 4.98 Å². The zero-order chi connectivity index (χ0) is 20.9. The van der Waals surface area contributed by atoms with Crippen LogP contribution in [0.3, 0.4) is 0 Å². The Hall–Kier alpha value is -3.38. The summed E-state index contributed by atoms with van der Waals surface area (Å²) in [4.78, 5) is 22.1. The Kier molecular flexibility index (Phi) is 4.21. The van der Waals surface area contributed by atoms with E-state index in [-0.39, 0.29) is 5.91 Å². The van der Waals surface area contributed by atoms with E-state index >= 15 is 0 Å². The molecule has 2 aromatic carbocycles. The summed E-state index contributed by atoms with van der Waals surface area (Å²) in [6.45, 7) is 2.30. The van der Waals surface area contributed by atoms with Crippen LogP contribution in [0.2, 0.25) is 0 Å². The lowest BCUT2D eigenvalue weighted by molar-refractivity contribution is 0.102. The van der Waals surface area contributed by atoms with Crippen LogP contribution in [-0.2, 0) is 12.8 Å². The predicted molar refractivity (Wildman–Crippen MR) is 126 cm³/mol. The van der Waals surface area contributed by atoms with Gasteiger partial charge in [0.2, 0.25) is 0 Å². The summed E-state index contributed by atoms with van der Waals surface area (Å²) in [6.07, 6.45) is 7.42. The number of carbonyl (C=O) groups is 1. The van der Waals surface area contributed by atoms with Crippen molar-refractivity contribution >= 4 is 38.8 Å². The number of fused-ring (bicyclic) bond motifs is 4. The van der Waals surface area contributed by atoms with E-state index < -0.39 is 0 Å². The third kappa shape index (κ3) is 3.24. The highest BCUT2D eigenvalue weighted by atomic mass is 32.1.